The first kappa shape index (κ1) is 34.6. The third-order valence-corrected chi connectivity index (χ3v) is 13.7. The molecule has 4 unspecified atom stereocenters. The number of allylic oxidation sites excluding steroid dienone is 4. The molecule has 276 valence electrons. The average Bonchev–Trinajstić information content (AvgIpc) is 3.63. The molecule has 3 aliphatic rings. The Morgan fingerprint density at radius 2 is 1.43 bits per heavy atom. The Balaban J connectivity index is 1.19. The maximum Gasteiger partial charge on any atom is 0.0756 e. The second kappa shape index (κ2) is 12.0. The van der Waals surface area contributed by atoms with Crippen LogP contribution in [0.1, 0.15) is 63.8 Å². The largest absolute Gasteiger partial charge is 0.373 e. The number of fused-ring (bicyclic) bond motifs is 7. The molecule has 4 atom stereocenters. The van der Waals surface area contributed by atoms with Crippen LogP contribution in [0.2, 0.25) is 0 Å². The Morgan fingerprint density at radius 3 is 2.20 bits per heavy atom. The number of para-hydroxylation sites is 2. The van der Waals surface area contributed by atoms with Crippen LogP contribution >= 0.6 is 0 Å². The van der Waals surface area contributed by atoms with Crippen molar-refractivity contribution in [1.82, 2.24) is 9.55 Å². The normalized spacial score (nSPS) is 24.8. The number of nitrogens with one attached hydrogen (secondary N) is 1. The Hall–Kier alpha value is -5.93. The quantitative estimate of drug-likeness (QED) is 0.179. The van der Waals surface area contributed by atoms with Gasteiger partial charge in [-0.3, -0.25) is 4.98 Å². The summed E-state index contributed by atoms with van der Waals surface area (Å²) in [6.45, 7) is 17.0. The van der Waals surface area contributed by atoms with Crippen molar-refractivity contribution in [3.8, 4) is 16.8 Å². The van der Waals surface area contributed by atoms with Crippen molar-refractivity contribution in [3.63, 3.8) is 0 Å². The molecule has 0 saturated heterocycles. The second-order valence-corrected chi connectivity index (χ2v) is 17.5. The molecule has 0 saturated carbocycles. The number of benzene rings is 5. The molecule has 0 bridgehead atoms. The zero-order chi connectivity index (χ0) is 38.6. The molecule has 56 heavy (non-hydrogen) atoms. The van der Waals surface area contributed by atoms with Gasteiger partial charge in [-0.1, -0.05) is 118 Å². The topological polar surface area (TPSA) is 29.9 Å². The molecular formula is C53H49N3. The highest BCUT2D eigenvalue weighted by Crippen LogP contribution is 2.66. The van der Waals surface area contributed by atoms with Gasteiger partial charge >= 0.3 is 0 Å². The second-order valence-electron chi connectivity index (χ2n) is 17.5. The minimum Gasteiger partial charge on any atom is -0.373 e. The van der Waals surface area contributed by atoms with Crippen molar-refractivity contribution in [1.29, 1.82) is 0 Å². The van der Waals surface area contributed by atoms with E-state index in [-0.39, 0.29) is 22.2 Å². The maximum absolute atomic E-state index is 4.36. The molecule has 7 aromatic rings. The molecule has 0 radical (unpaired) electrons. The lowest BCUT2D eigenvalue weighted by atomic mass is 9.52. The van der Waals surface area contributed by atoms with Gasteiger partial charge in [0, 0.05) is 50.8 Å². The van der Waals surface area contributed by atoms with Gasteiger partial charge in [0.25, 0.3) is 0 Å². The van der Waals surface area contributed by atoms with E-state index in [1.54, 1.807) is 0 Å². The van der Waals surface area contributed by atoms with Gasteiger partial charge in [-0.15, -0.1) is 0 Å². The van der Waals surface area contributed by atoms with Crippen molar-refractivity contribution in [3.05, 3.63) is 197 Å². The number of aromatic nitrogens is 2. The number of nitrogens with zero attached hydrogens (tertiary/aromatic N) is 2. The van der Waals surface area contributed by atoms with Crippen LogP contribution in [0.15, 0.2) is 175 Å². The molecule has 2 aromatic heterocycles. The highest BCUT2D eigenvalue weighted by molar-refractivity contribution is 6.09. The van der Waals surface area contributed by atoms with E-state index in [1.807, 2.05) is 18.5 Å². The summed E-state index contributed by atoms with van der Waals surface area (Å²) in [5.74, 6) is 0.215. The van der Waals surface area contributed by atoms with Crippen molar-refractivity contribution < 1.29 is 0 Å². The monoisotopic (exact) mass is 727 g/mol. The van der Waals surface area contributed by atoms with E-state index in [4.69, 9.17) is 0 Å². The van der Waals surface area contributed by atoms with Gasteiger partial charge in [0.15, 0.2) is 0 Å². The first-order valence-electron chi connectivity index (χ1n) is 20.1. The summed E-state index contributed by atoms with van der Waals surface area (Å²) in [5.41, 5.74) is 15.8. The standard InChI is InChI=1S/C53H49N3/c1-34-15-13-20-43-47(34)53(7)46(50(43,3)4)31-35(2)48-49(53)52(6,55-39-25-22-36(23-26-39)37-16-14-30-54-33-37)29-28-51(48,5)38-24-27-45-42(32-38)41-19-11-12-21-44(41)56(45)40-17-9-8-10-18-40/h8-33,35,55H,1-7H3. The Morgan fingerprint density at radius 1 is 0.679 bits per heavy atom. The van der Waals surface area contributed by atoms with Crippen LogP contribution in [-0.2, 0) is 16.2 Å². The van der Waals surface area contributed by atoms with Gasteiger partial charge < -0.3 is 9.88 Å². The summed E-state index contributed by atoms with van der Waals surface area (Å²) < 4.78 is 2.42. The first-order valence-corrected chi connectivity index (χ1v) is 20.1. The molecule has 5 aromatic carbocycles. The van der Waals surface area contributed by atoms with E-state index < -0.39 is 5.54 Å². The van der Waals surface area contributed by atoms with Crippen LogP contribution in [-0.4, -0.2) is 15.1 Å². The molecule has 10 rings (SSSR count). The molecule has 2 heterocycles. The maximum atomic E-state index is 4.36. The predicted octanol–water partition coefficient (Wildman–Crippen LogP) is 13.0. The SMILES string of the molecule is Cc1cccc2c1C1(C)C(=CC(C)C3=C1C(C)(Nc1ccc(-c4cccnc4)cc1)C=CC3(C)c1ccc3c(c1)c1ccccc1n3-c1ccccc1)C2(C)C. The van der Waals surface area contributed by atoms with Crippen LogP contribution in [0.4, 0.5) is 5.69 Å². The number of aryl methyl sites for hydroxylation is 1. The molecule has 0 fully saturated rings. The summed E-state index contributed by atoms with van der Waals surface area (Å²) in [7, 11) is 0. The van der Waals surface area contributed by atoms with Gasteiger partial charge in [0.2, 0.25) is 0 Å². The van der Waals surface area contributed by atoms with Crippen LogP contribution in [0.25, 0.3) is 38.6 Å². The Kier molecular flexibility index (Phi) is 7.42. The van der Waals surface area contributed by atoms with Gasteiger partial charge in [-0.2, -0.15) is 0 Å². The lowest BCUT2D eigenvalue weighted by Crippen LogP contribution is -2.52. The van der Waals surface area contributed by atoms with Crippen LogP contribution in [0, 0.1) is 12.8 Å². The van der Waals surface area contributed by atoms with E-state index >= 15 is 0 Å². The van der Waals surface area contributed by atoms with Crippen LogP contribution in [0.5, 0.6) is 0 Å². The van der Waals surface area contributed by atoms with E-state index in [0.717, 1.165) is 16.8 Å². The fourth-order valence-corrected chi connectivity index (χ4v) is 11.3. The third-order valence-electron chi connectivity index (χ3n) is 13.7. The molecule has 3 heteroatoms. The highest BCUT2D eigenvalue weighted by Gasteiger charge is 2.60. The van der Waals surface area contributed by atoms with E-state index in [9.17, 15) is 0 Å². The number of pyridine rings is 1. The zero-order valence-corrected chi connectivity index (χ0v) is 33.5. The average molecular weight is 728 g/mol. The fourth-order valence-electron chi connectivity index (χ4n) is 11.3. The van der Waals surface area contributed by atoms with Crippen molar-refractivity contribution in [2.45, 2.75) is 70.3 Å². The molecule has 0 spiro atoms. The third kappa shape index (κ3) is 4.73. The predicted molar refractivity (Wildman–Crippen MR) is 235 cm³/mol. The van der Waals surface area contributed by atoms with E-state index in [2.05, 4.69) is 203 Å². The molecule has 3 nitrogen and oxygen atoms in total. The first-order chi connectivity index (χ1) is 26.9. The van der Waals surface area contributed by atoms with Crippen molar-refractivity contribution >= 4 is 27.5 Å². The van der Waals surface area contributed by atoms with Crippen molar-refractivity contribution in [2.75, 3.05) is 5.32 Å². The smallest absolute Gasteiger partial charge is 0.0756 e. The molecule has 3 aliphatic carbocycles. The molecular weight excluding hydrogens is 679 g/mol. The summed E-state index contributed by atoms with van der Waals surface area (Å²) in [4.78, 5) is 4.36. The Labute approximate surface area is 331 Å². The number of anilines is 1. The lowest BCUT2D eigenvalue weighted by Gasteiger charge is -2.54. The minimum absolute atomic E-state index is 0.106. The number of rotatable bonds is 5. The van der Waals surface area contributed by atoms with Crippen LogP contribution in [0.3, 0.4) is 0 Å². The lowest BCUT2D eigenvalue weighted by molar-refractivity contribution is 0.443. The summed E-state index contributed by atoms with van der Waals surface area (Å²) in [6, 6.07) is 46.8. The molecule has 0 amide bonds. The molecule has 0 aliphatic heterocycles. The summed E-state index contributed by atoms with van der Waals surface area (Å²) >= 11 is 0. The highest BCUT2D eigenvalue weighted by atomic mass is 15.0. The minimum atomic E-state index is -0.472. The van der Waals surface area contributed by atoms with E-state index in [0.29, 0.717) is 0 Å². The molecule has 1 N–H and O–H groups in total. The van der Waals surface area contributed by atoms with Gasteiger partial charge in [-0.05, 0) is 132 Å². The Bertz CT molecular complexity index is 2800. The van der Waals surface area contributed by atoms with Crippen LogP contribution < -0.4 is 5.32 Å². The summed E-state index contributed by atoms with van der Waals surface area (Å²) in [5, 5.41) is 6.71. The number of hydrogen-bond acceptors (Lipinski definition) is 2. The van der Waals surface area contributed by atoms with Gasteiger partial charge in [-0.25, -0.2) is 0 Å². The van der Waals surface area contributed by atoms with E-state index in [1.165, 1.54) is 66.5 Å². The zero-order valence-electron chi connectivity index (χ0n) is 33.5. The number of hydrogen-bond donors (Lipinski definition) is 1. The van der Waals surface area contributed by atoms with Gasteiger partial charge in [0.05, 0.1) is 16.6 Å². The fraction of sp³-hybridized carbons (Fsp3) is 0.226. The summed E-state index contributed by atoms with van der Waals surface area (Å²) in [6.07, 6.45) is 11.4. The van der Waals surface area contributed by atoms with Gasteiger partial charge in [0.1, 0.15) is 0 Å². The van der Waals surface area contributed by atoms with Crippen molar-refractivity contribution in [2.24, 2.45) is 5.92 Å².